The first-order valence-corrected chi connectivity index (χ1v) is 33.8. The number of carboxylic acid groups (broad SMARTS) is 2. The first kappa shape index (κ1) is 79.8. The number of nitrogens with zero attached hydrogens (tertiary/aromatic N) is 13. The van der Waals surface area contributed by atoms with Crippen molar-refractivity contribution in [3.63, 3.8) is 0 Å². The van der Waals surface area contributed by atoms with E-state index in [2.05, 4.69) is 77.3 Å². The van der Waals surface area contributed by atoms with Crippen LogP contribution in [0.5, 0.6) is 0 Å². The number of aromatic carboxylic acids is 2. The molecule has 5 aromatic carbocycles. The predicted octanol–water partition coefficient (Wildman–Crippen LogP) is 11.6. The standard InChI is InChI=1S/C21H25N3O3.C17H16N4O.C16H17N3O.C11H8N2O2.C6H7BO2.C5H3BrN2O2.CH4/c1-21(2,3)27-20(26)24-10-9-15(14-24)11-18(25)19-22-12-17(13-23-19)16-7-5-4-6-8-16;18-12-21-7-6-13(11-21)8-16(22)17-19-9-15(10-20-17)14-4-2-1-3-5-14;20-15(8-12-6-7-17-9-12)16-18-10-14(11-19-16)13-4-2-1-3-5-13;14-11(15)10-12-6-9(7-13-10)8-4-2-1-3-5-8;8-7(9)6-4-2-1-3-5-6;6-3-1-7-4(5(9)10)8-2-3;/h4-8,12-13,15H,9-11,14H2,1-3H3;1-5,9-10,13H,6-8,11H2;1-5,10-12,17H,6-9H2;1-7H,(H,14,15);1-5,8-9H;1-2H,(H,9,10);1H4/t15-;13-;12-;;;;/m000..../s1. The van der Waals surface area contributed by atoms with E-state index in [1.807, 2.05) is 148 Å². The molecule has 3 aliphatic rings. The molecule has 27 heteroatoms. The number of nitrogens with one attached hydrogen (secondary N) is 1. The number of nitriles is 1. The topological polar surface area (TPSA) is 364 Å². The van der Waals surface area contributed by atoms with E-state index in [0.717, 1.165) is 83.4 Å². The smallest absolute Gasteiger partial charge is 0.475 e. The molecule has 0 saturated carbocycles. The van der Waals surface area contributed by atoms with Crippen LogP contribution in [0.4, 0.5) is 4.79 Å². The fraction of sp³-hybridized carbons (Fsp3) is 0.260. The minimum absolute atomic E-state index is 0. The molecule has 1 amide bonds. The van der Waals surface area contributed by atoms with Crippen LogP contribution < -0.4 is 10.8 Å². The van der Waals surface area contributed by atoms with Crippen molar-refractivity contribution in [2.45, 2.75) is 72.3 Å². The number of amides is 1. The average Bonchev–Trinajstić information content (AvgIpc) is 1.62. The van der Waals surface area contributed by atoms with E-state index in [-0.39, 0.29) is 66.0 Å². The minimum atomic E-state index is -1.34. The van der Waals surface area contributed by atoms with Gasteiger partial charge in [0.25, 0.3) is 0 Å². The van der Waals surface area contributed by atoms with Crippen LogP contribution in [0.3, 0.4) is 0 Å². The van der Waals surface area contributed by atoms with Gasteiger partial charge >= 0.3 is 25.2 Å². The summed E-state index contributed by atoms with van der Waals surface area (Å²) in [5.41, 5.74) is 7.60. The lowest BCUT2D eigenvalue weighted by atomic mass is 9.81. The zero-order valence-corrected chi connectivity index (χ0v) is 58.4. The summed E-state index contributed by atoms with van der Waals surface area (Å²) < 4.78 is 6.06. The van der Waals surface area contributed by atoms with Gasteiger partial charge in [-0.05, 0) is 115 Å². The Balaban J connectivity index is 0.000000180. The van der Waals surface area contributed by atoms with Gasteiger partial charge in [0.05, 0.1) is 4.47 Å². The summed E-state index contributed by atoms with van der Waals surface area (Å²) in [6.45, 7) is 10.0. The molecule has 3 atom stereocenters. The molecule has 25 nitrogen and oxygen atoms in total. The number of hydrogen-bond donors (Lipinski definition) is 5. The zero-order chi connectivity index (χ0) is 73.5. The number of hydrogen-bond acceptors (Lipinski definition) is 22. The van der Waals surface area contributed by atoms with Crippen molar-refractivity contribution in [2.75, 3.05) is 39.3 Å². The van der Waals surface area contributed by atoms with Gasteiger partial charge in [0, 0.05) is 130 Å². The SMILES string of the molecule is C.CC(C)(C)OC(=O)N1CC[C@@H](CC(=O)c2ncc(-c3ccccc3)cn2)C1.N#CN1CC[C@@H](CC(=O)c2ncc(-c3ccccc3)cn2)C1.O=C(C[C@@H]1CCNC1)c1ncc(-c2ccccc2)cn1.O=C(O)c1ncc(-c2ccccc2)cn1.O=C(O)c1ncc(Br)cn1.OB(O)c1ccccc1. The first-order valence-electron chi connectivity index (χ1n) is 33.0. The molecular weight excluding hydrogens is 1390 g/mol. The third kappa shape index (κ3) is 26.1. The highest BCUT2D eigenvalue weighted by atomic mass is 79.9. The van der Waals surface area contributed by atoms with Crippen molar-refractivity contribution in [1.29, 1.82) is 5.26 Å². The molecule has 3 aliphatic heterocycles. The van der Waals surface area contributed by atoms with Crippen LogP contribution in [0.1, 0.15) is 120 Å². The predicted molar refractivity (Wildman–Crippen MR) is 396 cm³/mol. The number of rotatable bonds is 16. The molecule has 13 rings (SSSR count). The molecular formula is C77H80BBrN14O11. The van der Waals surface area contributed by atoms with E-state index < -0.39 is 24.7 Å². The summed E-state index contributed by atoms with van der Waals surface area (Å²) in [4.78, 5) is 113. The van der Waals surface area contributed by atoms with Crippen molar-refractivity contribution >= 4 is 63.9 Å². The Morgan fingerprint density at radius 3 is 1.12 bits per heavy atom. The number of benzene rings is 5. The van der Waals surface area contributed by atoms with Gasteiger partial charge in [0.2, 0.25) is 11.6 Å². The Morgan fingerprint density at radius 1 is 0.481 bits per heavy atom. The number of ketones is 3. The molecule has 3 saturated heterocycles. The number of ether oxygens (including phenoxy) is 1. The van der Waals surface area contributed by atoms with E-state index in [4.69, 9.17) is 30.3 Å². The summed E-state index contributed by atoms with van der Waals surface area (Å²) >= 11 is 3.08. The summed E-state index contributed by atoms with van der Waals surface area (Å²) in [5.74, 6) is -1.13. The van der Waals surface area contributed by atoms with Gasteiger partial charge in [0.15, 0.2) is 41.0 Å². The van der Waals surface area contributed by atoms with Crippen LogP contribution in [0.2, 0.25) is 0 Å². The maximum absolute atomic E-state index is 12.5. The Morgan fingerprint density at radius 2 is 0.808 bits per heavy atom. The second-order valence-electron chi connectivity index (χ2n) is 24.8. The van der Waals surface area contributed by atoms with Gasteiger partial charge < -0.3 is 40.1 Å². The van der Waals surface area contributed by atoms with Crippen LogP contribution in [0, 0.1) is 29.2 Å². The third-order valence-electron chi connectivity index (χ3n) is 15.8. The highest BCUT2D eigenvalue weighted by Gasteiger charge is 2.32. The first-order chi connectivity index (χ1) is 49.7. The molecule has 10 aromatic rings. The largest absolute Gasteiger partial charge is 0.488 e. The van der Waals surface area contributed by atoms with Gasteiger partial charge in [-0.1, -0.05) is 159 Å². The quantitative estimate of drug-likeness (QED) is 0.0341. The summed E-state index contributed by atoms with van der Waals surface area (Å²) in [6, 6.07) is 47.8. The number of carboxylic acids is 2. The molecule has 0 bridgehead atoms. The molecule has 3 fully saturated rings. The normalized spacial score (nSPS) is 14.6. The molecule has 8 heterocycles. The lowest BCUT2D eigenvalue weighted by Crippen LogP contribution is -2.35. The Bertz CT molecular complexity index is 4360. The number of aromatic nitrogens is 10. The lowest BCUT2D eigenvalue weighted by molar-refractivity contribution is 0.0286. The average molecular weight is 1470 g/mol. The summed E-state index contributed by atoms with van der Waals surface area (Å²) in [5, 5.41) is 46.2. The van der Waals surface area contributed by atoms with Crippen LogP contribution in [0.25, 0.3) is 44.5 Å². The number of Topliss-reactive ketones (excluding diaryl/α,β-unsaturated/α-hetero) is 3. The highest BCUT2D eigenvalue weighted by Crippen LogP contribution is 2.26. The van der Waals surface area contributed by atoms with E-state index in [1.54, 1.807) is 71.2 Å². The molecule has 534 valence electrons. The highest BCUT2D eigenvalue weighted by molar-refractivity contribution is 9.10. The summed E-state index contributed by atoms with van der Waals surface area (Å²) in [6.07, 6.45) is 21.8. The zero-order valence-electron chi connectivity index (χ0n) is 56.8. The minimum Gasteiger partial charge on any atom is -0.475 e. The molecule has 5 N–H and O–H groups in total. The van der Waals surface area contributed by atoms with Crippen molar-refractivity contribution in [2.24, 2.45) is 17.8 Å². The molecule has 0 unspecified atom stereocenters. The fourth-order valence-corrected chi connectivity index (χ4v) is 10.8. The Kier molecular flexibility index (Phi) is 31.3. The Labute approximate surface area is 611 Å². The monoisotopic (exact) mass is 1470 g/mol. The van der Waals surface area contributed by atoms with E-state index in [0.29, 0.717) is 60.6 Å². The molecule has 0 radical (unpaired) electrons. The third-order valence-corrected chi connectivity index (χ3v) is 16.2. The van der Waals surface area contributed by atoms with Gasteiger partial charge in [0.1, 0.15) is 5.60 Å². The van der Waals surface area contributed by atoms with Crippen molar-refractivity contribution in [3.8, 4) is 50.7 Å². The number of carbonyl (C=O) groups is 6. The molecule has 0 spiro atoms. The van der Waals surface area contributed by atoms with Crippen molar-refractivity contribution < 1.29 is 53.8 Å². The van der Waals surface area contributed by atoms with E-state index >= 15 is 0 Å². The maximum Gasteiger partial charge on any atom is 0.488 e. The number of halogens is 1. The van der Waals surface area contributed by atoms with Crippen LogP contribution in [0.15, 0.2) is 218 Å². The molecule has 104 heavy (non-hydrogen) atoms. The van der Waals surface area contributed by atoms with Gasteiger partial charge in [-0.15, -0.1) is 0 Å². The van der Waals surface area contributed by atoms with Gasteiger partial charge in [-0.3, -0.25) is 14.4 Å². The van der Waals surface area contributed by atoms with Crippen molar-refractivity contribution in [3.05, 3.63) is 247 Å². The number of carbonyl (C=O) groups excluding carboxylic acids is 4. The van der Waals surface area contributed by atoms with Crippen LogP contribution in [-0.2, 0) is 4.74 Å². The lowest BCUT2D eigenvalue weighted by Gasteiger charge is -2.24. The van der Waals surface area contributed by atoms with E-state index in [9.17, 15) is 28.8 Å². The van der Waals surface area contributed by atoms with Crippen LogP contribution >= 0.6 is 15.9 Å². The fourth-order valence-electron chi connectivity index (χ4n) is 10.6. The second kappa shape index (κ2) is 40.8. The van der Waals surface area contributed by atoms with Crippen molar-refractivity contribution in [1.82, 2.24) is 65.0 Å². The van der Waals surface area contributed by atoms with Gasteiger partial charge in [-0.2, -0.15) is 5.26 Å². The summed E-state index contributed by atoms with van der Waals surface area (Å²) in [7, 11) is -1.34. The molecule has 5 aromatic heterocycles. The molecule has 0 aliphatic carbocycles. The number of likely N-dealkylation sites (tertiary alicyclic amines) is 2. The van der Waals surface area contributed by atoms with E-state index in [1.165, 1.54) is 24.8 Å². The Hall–Kier alpha value is -11.6. The second-order valence-corrected chi connectivity index (χ2v) is 25.7. The van der Waals surface area contributed by atoms with Gasteiger partial charge in [-0.25, -0.2) is 64.2 Å². The maximum atomic E-state index is 12.5. The van der Waals surface area contributed by atoms with Crippen LogP contribution in [-0.4, -0.2) is 167 Å².